The number of guanidine groups is 1. The van der Waals surface area contributed by atoms with Crippen LogP contribution < -0.4 is 10.6 Å². The predicted octanol–water partition coefficient (Wildman–Crippen LogP) is 2.22. The van der Waals surface area contributed by atoms with Crippen LogP contribution in [0.4, 0.5) is 0 Å². The number of nitrogens with zero attached hydrogens (tertiary/aromatic N) is 4. The van der Waals surface area contributed by atoms with Gasteiger partial charge in [-0.2, -0.15) is 5.10 Å². The van der Waals surface area contributed by atoms with Crippen molar-refractivity contribution in [3.8, 4) is 0 Å². The fraction of sp³-hybridized carbons (Fsp3) is 0.471. The first-order valence-electron chi connectivity index (χ1n) is 8.24. The Morgan fingerprint density at radius 2 is 1.96 bits per heavy atom. The Kier molecular flexibility index (Phi) is 10.1. The lowest BCUT2D eigenvalue weighted by molar-refractivity contribution is 0.133. The van der Waals surface area contributed by atoms with Crippen LogP contribution >= 0.6 is 24.0 Å². The first-order chi connectivity index (χ1) is 11.7. The highest BCUT2D eigenvalue weighted by Gasteiger charge is 2.04. The van der Waals surface area contributed by atoms with Gasteiger partial charge in [-0.25, -0.2) is 9.98 Å². The summed E-state index contributed by atoms with van der Waals surface area (Å²) in [5.74, 6) is 1.61. The SMILES string of the molecule is CCNC(=NCc1ccccc1COCC)NCc1ncnn1C.I. The largest absolute Gasteiger partial charge is 0.377 e. The van der Waals surface area contributed by atoms with Gasteiger partial charge in [0.25, 0.3) is 0 Å². The van der Waals surface area contributed by atoms with Gasteiger partial charge >= 0.3 is 0 Å². The molecule has 0 atom stereocenters. The van der Waals surface area contributed by atoms with Crippen molar-refractivity contribution in [1.29, 1.82) is 0 Å². The number of halogens is 1. The van der Waals surface area contributed by atoms with E-state index in [9.17, 15) is 0 Å². The zero-order valence-electron chi connectivity index (χ0n) is 15.0. The predicted molar refractivity (Wildman–Crippen MR) is 110 cm³/mol. The molecule has 0 unspecified atom stereocenters. The molecule has 1 heterocycles. The monoisotopic (exact) mass is 458 g/mol. The topological polar surface area (TPSA) is 76.4 Å². The summed E-state index contributed by atoms with van der Waals surface area (Å²) >= 11 is 0. The van der Waals surface area contributed by atoms with Crippen molar-refractivity contribution >= 4 is 29.9 Å². The van der Waals surface area contributed by atoms with Crippen molar-refractivity contribution in [2.24, 2.45) is 12.0 Å². The highest BCUT2D eigenvalue weighted by Crippen LogP contribution is 2.11. The minimum absolute atomic E-state index is 0. The summed E-state index contributed by atoms with van der Waals surface area (Å²) in [5.41, 5.74) is 2.34. The number of hydrogen-bond donors (Lipinski definition) is 2. The summed E-state index contributed by atoms with van der Waals surface area (Å²) < 4.78 is 7.27. The maximum atomic E-state index is 5.53. The quantitative estimate of drug-likeness (QED) is 0.361. The Balaban J connectivity index is 0.00000312. The number of rotatable bonds is 8. The zero-order chi connectivity index (χ0) is 17.2. The molecule has 2 aromatic rings. The molecule has 0 fully saturated rings. The van der Waals surface area contributed by atoms with Crippen LogP contribution in [0.1, 0.15) is 30.8 Å². The van der Waals surface area contributed by atoms with Gasteiger partial charge in [0.15, 0.2) is 5.96 Å². The van der Waals surface area contributed by atoms with Crippen molar-refractivity contribution in [3.63, 3.8) is 0 Å². The molecule has 0 aliphatic heterocycles. The van der Waals surface area contributed by atoms with Crippen LogP contribution in [-0.4, -0.2) is 33.9 Å². The second-order valence-corrected chi connectivity index (χ2v) is 5.25. The molecular weight excluding hydrogens is 431 g/mol. The Morgan fingerprint density at radius 3 is 2.60 bits per heavy atom. The molecule has 0 radical (unpaired) electrons. The van der Waals surface area contributed by atoms with Crippen molar-refractivity contribution in [2.45, 2.75) is 33.5 Å². The molecule has 2 rings (SSSR count). The van der Waals surface area contributed by atoms with Gasteiger partial charge < -0.3 is 15.4 Å². The Bertz CT molecular complexity index is 658. The van der Waals surface area contributed by atoms with Gasteiger partial charge in [0.05, 0.1) is 19.7 Å². The van der Waals surface area contributed by atoms with E-state index in [1.165, 1.54) is 11.1 Å². The number of aliphatic imine (C=N–C) groups is 1. The second-order valence-electron chi connectivity index (χ2n) is 5.25. The lowest BCUT2D eigenvalue weighted by Gasteiger charge is -2.12. The lowest BCUT2D eigenvalue weighted by Crippen LogP contribution is -2.37. The van der Waals surface area contributed by atoms with E-state index in [1.54, 1.807) is 11.0 Å². The summed E-state index contributed by atoms with van der Waals surface area (Å²) in [6.45, 7) is 7.33. The Morgan fingerprint density at radius 1 is 1.20 bits per heavy atom. The molecule has 1 aromatic carbocycles. The second kappa shape index (κ2) is 11.8. The third-order valence-corrected chi connectivity index (χ3v) is 3.55. The highest BCUT2D eigenvalue weighted by molar-refractivity contribution is 14.0. The van der Waals surface area contributed by atoms with E-state index in [1.807, 2.05) is 33.0 Å². The standard InChI is InChI=1S/C17H26N6O.HI/c1-4-18-17(20-11-16-21-13-22-23(16)3)19-10-14-8-6-7-9-15(14)12-24-5-2;/h6-9,13H,4-5,10-12H2,1-3H3,(H2,18,19,20);1H. The van der Waals surface area contributed by atoms with E-state index in [0.29, 0.717) is 26.3 Å². The van der Waals surface area contributed by atoms with E-state index in [0.717, 1.165) is 18.3 Å². The number of benzene rings is 1. The summed E-state index contributed by atoms with van der Waals surface area (Å²) in [5, 5.41) is 10.6. The molecule has 2 N–H and O–H groups in total. The molecule has 0 aliphatic carbocycles. The summed E-state index contributed by atoms with van der Waals surface area (Å²) in [6, 6.07) is 8.23. The number of ether oxygens (including phenoxy) is 1. The van der Waals surface area contributed by atoms with Crippen LogP contribution in [0.2, 0.25) is 0 Å². The van der Waals surface area contributed by atoms with Crippen molar-refractivity contribution in [1.82, 2.24) is 25.4 Å². The van der Waals surface area contributed by atoms with Gasteiger partial charge in [-0.3, -0.25) is 4.68 Å². The van der Waals surface area contributed by atoms with Crippen LogP contribution in [0.3, 0.4) is 0 Å². The van der Waals surface area contributed by atoms with E-state index >= 15 is 0 Å². The third kappa shape index (κ3) is 6.99. The summed E-state index contributed by atoms with van der Waals surface area (Å²) in [7, 11) is 1.87. The summed E-state index contributed by atoms with van der Waals surface area (Å²) in [6.07, 6.45) is 1.55. The lowest BCUT2D eigenvalue weighted by atomic mass is 10.1. The molecule has 1 aromatic heterocycles. The van der Waals surface area contributed by atoms with Crippen LogP contribution in [0.25, 0.3) is 0 Å². The Hall–Kier alpha value is -1.68. The van der Waals surface area contributed by atoms with E-state index < -0.39 is 0 Å². The smallest absolute Gasteiger partial charge is 0.191 e. The molecular formula is C17H27IN6O. The molecule has 0 spiro atoms. The fourth-order valence-electron chi connectivity index (χ4n) is 2.21. The van der Waals surface area contributed by atoms with Gasteiger partial charge in [0.1, 0.15) is 12.2 Å². The molecule has 138 valence electrons. The average Bonchev–Trinajstić information content (AvgIpc) is 3.01. The van der Waals surface area contributed by atoms with Crippen molar-refractivity contribution < 1.29 is 4.74 Å². The molecule has 25 heavy (non-hydrogen) atoms. The van der Waals surface area contributed by atoms with Crippen LogP contribution in [0.5, 0.6) is 0 Å². The highest BCUT2D eigenvalue weighted by atomic mass is 127. The van der Waals surface area contributed by atoms with Crippen LogP contribution in [-0.2, 0) is 31.5 Å². The first-order valence-corrected chi connectivity index (χ1v) is 8.24. The van der Waals surface area contributed by atoms with Crippen molar-refractivity contribution in [2.75, 3.05) is 13.2 Å². The Labute approximate surface area is 166 Å². The molecule has 0 aliphatic rings. The molecule has 0 bridgehead atoms. The van der Waals surface area contributed by atoms with E-state index in [4.69, 9.17) is 4.74 Å². The first kappa shape index (κ1) is 21.4. The molecule has 0 saturated carbocycles. The maximum Gasteiger partial charge on any atom is 0.191 e. The van der Waals surface area contributed by atoms with Crippen molar-refractivity contribution in [3.05, 3.63) is 47.5 Å². The number of hydrogen-bond acceptors (Lipinski definition) is 4. The number of aromatic nitrogens is 3. The van der Waals surface area contributed by atoms with Gasteiger partial charge in [0, 0.05) is 20.2 Å². The third-order valence-electron chi connectivity index (χ3n) is 3.55. The normalized spacial score (nSPS) is 11.1. The molecule has 0 amide bonds. The maximum absolute atomic E-state index is 5.53. The van der Waals surface area contributed by atoms with Gasteiger partial charge in [-0.05, 0) is 25.0 Å². The van der Waals surface area contributed by atoms with Gasteiger partial charge in [0.2, 0.25) is 0 Å². The van der Waals surface area contributed by atoms with E-state index in [2.05, 4.69) is 37.8 Å². The minimum atomic E-state index is 0. The van der Waals surface area contributed by atoms with Gasteiger partial charge in [-0.1, -0.05) is 24.3 Å². The average molecular weight is 458 g/mol. The zero-order valence-corrected chi connectivity index (χ0v) is 17.4. The summed E-state index contributed by atoms with van der Waals surface area (Å²) in [4.78, 5) is 8.87. The number of nitrogens with one attached hydrogen (secondary N) is 2. The number of aryl methyl sites for hydroxylation is 1. The van der Waals surface area contributed by atoms with Crippen LogP contribution in [0, 0.1) is 0 Å². The fourth-order valence-corrected chi connectivity index (χ4v) is 2.21. The molecule has 8 heteroatoms. The van der Waals surface area contributed by atoms with Gasteiger partial charge in [-0.15, -0.1) is 24.0 Å². The molecule has 7 nitrogen and oxygen atoms in total. The molecule has 0 saturated heterocycles. The van der Waals surface area contributed by atoms with E-state index in [-0.39, 0.29) is 24.0 Å². The minimum Gasteiger partial charge on any atom is -0.377 e. The van der Waals surface area contributed by atoms with Crippen LogP contribution in [0.15, 0.2) is 35.6 Å².